The molecule has 138 valence electrons. The van der Waals surface area contributed by atoms with Crippen molar-refractivity contribution in [1.82, 2.24) is 15.1 Å². The lowest BCUT2D eigenvalue weighted by molar-refractivity contribution is -0.132. The number of benzene rings is 1. The maximum absolute atomic E-state index is 12.5. The average molecular weight is 392 g/mol. The second-order valence-corrected chi connectivity index (χ2v) is 7.58. The molecule has 0 atom stereocenters. The van der Waals surface area contributed by atoms with Crippen molar-refractivity contribution in [3.05, 3.63) is 57.2 Å². The summed E-state index contributed by atoms with van der Waals surface area (Å²) in [5, 5.41) is 5.48. The minimum absolute atomic E-state index is 0.0199. The minimum atomic E-state index is -0.0199. The van der Waals surface area contributed by atoms with Crippen LogP contribution in [0, 0.1) is 0 Å². The Morgan fingerprint density at radius 1 is 1.08 bits per heavy atom. The van der Waals surface area contributed by atoms with Crippen LogP contribution in [0.25, 0.3) is 0 Å². The second kappa shape index (κ2) is 9.16. The third-order valence-corrected chi connectivity index (χ3v) is 5.72. The standard InChI is InChI=1S/C19H22ClN3O2S/c20-16-5-2-1-4-15(16)14-18(24)23-11-9-22(10-12-23)8-7-21-19(25)17-6-3-13-26-17/h1-6,13H,7-12,14H2,(H,21,25). The fraction of sp³-hybridized carbons (Fsp3) is 0.368. The molecule has 0 bridgehead atoms. The van der Waals surface area contributed by atoms with Gasteiger partial charge in [-0.1, -0.05) is 35.9 Å². The van der Waals surface area contributed by atoms with Gasteiger partial charge in [0.15, 0.2) is 0 Å². The van der Waals surface area contributed by atoms with E-state index in [1.165, 1.54) is 11.3 Å². The number of carbonyl (C=O) groups is 2. The van der Waals surface area contributed by atoms with Gasteiger partial charge in [0, 0.05) is 44.3 Å². The zero-order valence-corrected chi connectivity index (χ0v) is 16.1. The van der Waals surface area contributed by atoms with Crippen molar-refractivity contribution in [3.63, 3.8) is 0 Å². The van der Waals surface area contributed by atoms with Crippen LogP contribution in [-0.2, 0) is 11.2 Å². The highest BCUT2D eigenvalue weighted by atomic mass is 35.5. The highest BCUT2D eigenvalue weighted by Gasteiger charge is 2.21. The van der Waals surface area contributed by atoms with Crippen molar-refractivity contribution < 1.29 is 9.59 Å². The normalized spacial score (nSPS) is 15.0. The number of piperazine rings is 1. The van der Waals surface area contributed by atoms with Gasteiger partial charge in [0.25, 0.3) is 5.91 Å². The highest BCUT2D eigenvalue weighted by Crippen LogP contribution is 2.16. The molecule has 0 aliphatic carbocycles. The van der Waals surface area contributed by atoms with Gasteiger partial charge in [-0.25, -0.2) is 0 Å². The summed E-state index contributed by atoms with van der Waals surface area (Å²) in [5.74, 6) is 0.0947. The van der Waals surface area contributed by atoms with E-state index in [0.717, 1.165) is 30.1 Å². The summed E-state index contributed by atoms with van der Waals surface area (Å²) in [7, 11) is 0. The molecule has 1 aliphatic rings. The van der Waals surface area contributed by atoms with E-state index in [2.05, 4.69) is 10.2 Å². The van der Waals surface area contributed by atoms with E-state index in [-0.39, 0.29) is 11.8 Å². The average Bonchev–Trinajstić information content (AvgIpc) is 3.19. The van der Waals surface area contributed by atoms with E-state index in [0.29, 0.717) is 31.1 Å². The quantitative estimate of drug-likeness (QED) is 0.823. The Morgan fingerprint density at radius 3 is 2.54 bits per heavy atom. The maximum Gasteiger partial charge on any atom is 0.261 e. The topological polar surface area (TPSA) is 52.7 Å². The van der Waals surface area contributed by atoms with Crippen molar-refractivity contribution in [2.24, 2.45) is 0 Å². The molecule has 0 saturated carbocycles. The number of carbonyl (C=O) groups excluding carboxylic acids is 2. The molecule has 1 N–H and O–H groups in total. The predicted octanol–water partition coefficient (Wildman–Crippen LogP) is 2.52. The van der Waals surface area contributed by atoms with E-state index in [1.54, 1.807) is 0 Å². The van der Waals surface area contributed by atoms with Crippen LogP contribution in [0.3, 0.4) is 0 Å². The van der Waals surface area contributed by atoms with Crippen LogP contribution in [0.2, 0.25) is 5.02 Å². The van der Waals surface area contributed by atoms with Crippen LogP contribution >= 0.6 is 22.9 Å². The van der Waals surface area contributed by atoms with Crippen molar-refractivity contribution in [3.8, 4) is 0 Å². The first kappa shape index (κ1) is 18.9. The van der Waals surface area contributed by atoms with Crippen molar-refractivity contribution in [2.45, 2.75) is 6.42 Å². The Kier molecular flexibility index (Phi) is 6.66. The minimum Gasteiger partial charge on any atom is -0.350 e. The van der Waals surface area contributed by atoms with Gasteiger partial charge in [-0.15, -0.1) is 11.3 Å². The molecule has 2 heterocycles. The molecule has 1 aromatic heterocycles. The summed E-state index contributed by atoms with van der Waals surface area (Å²) in [5.41, 5.74) is 0.873. The number of rotatable bonds is 6. The van der Waals surface area contributed by atoms with Crippen LogP contribution < -0.4 is 5.32 Å². The van der Waals surface area contributed by atoms with Crippen LogP contribution in [0.5, 0.6) is 0 Å². The molecule has 1 fully saturated rings. The molecule has 0 unspecified atom stereocenters. The molecular formula is C19H22ClN3O2S. The summed E-state index contributed by atoms with van der Waals surface area (Å²) in [6.07, 6.45) is 0.344. The molecule has 2 amide bonds. The first-order valence-electron chi connectivity index (χ1n) is 8.69. The highest BCUT2D eigenvalue weighted by molar-refractivity contribution is 7.12. The lowest BCUT2D eigenvalue weighted by Crippen LogP contribution is -2.50. The Bertz CT molecular complexity index is 743. The van der Waals surface area contributed by atoms with Crippen molar-refractivity contribution in [1.29, 1.82) is 0 Å². The lowest BCUT2D eigenvalue weighted by atomic mass is 10.1. The van der Waals surface area contributed by atoms with Crippen LogP contribution in [0.15, 0.2) is 41.8 Å². The number of halogens is 1. The van der Waals surface area contributed by atoms with Crippen molar-refractivity contribution >= 4 is 34.8 Å². The molecule has 1 aromatic carbocycles. The van der Waals surface area contributed by atoms with Crippen molar-refractivity contribution in [2.75, 3.05) is 39.3 Å². The molecule has 3 rings (SSSR count). The Morgan fingerprint density at radius 2 is 1.85 bits per heavy atom. The van der Waals surface area contributed by atoms with Gasteiger partial charge in [-0.05, 0) is 23.1 Å². The molecule has 0 radical (unpaired) electrons. The van der Waals surface area contributed by atoms with E-state index in [9.17, 15) is 9.59 Å². The van der Waals surface area contributed by atoms with Gasteiger partial charge >= 0.3 is 0 Å². The number of hydrogen-bond donors (Lipinski definition) is 1. The number of nitrogens with zero attached hydrogens (tertiary/aromatic N) is 2. The Balaban J connectivity index is 1.38. The summed E-state index contributed by atoms with van der Waals surface area (Å²) >= 11 is 7.58. The zero-order chi connectivity index (χ0) is 18.4. The van der Waals surface area contributed by atoms with E-state index >= 15 is 0 Å². The van der Waals surface area contributed by atoms with Gasteiger partial charge < -0.3 is 10.2 Å². The molecule has 0 spiro atoms. The third-order valence-electron chi connectivity index (χ3n) is 4.48. The van der Waals surface area contributed by atoms with Gasteiger partial charge in [-0.2, -0.15) is 0 Å². The number of thiophene rings is 1. The molecule has 2 aromatic rings. The van der Waals surface area contributed by atoms with E-state index in [1.807, 2.05) is 46.7 Å². The smallest absolute Gasteiger partial charge is 0.261 e. The van der Waals surface area contributed by atoms with E-state index in [4.69, 9.17) is 11.6 Å². The molecular weight excluding hydrogens is 370 g/mol. The molecule has 5 nitrogen and oxygen atoms in total. The van der Waals surface area contributed by atoms with Gasteiger partial charge in [-0.3, -0.25) is 14.5 Å². The van der Waals surface area contributed by atoms with E-state index < -0.39 is 0 Å². The van der Waals surface area contributed by atoms with Gasteiger partial charge in [0.05, 0.1) is 11.3 Å². The van der Waals surface area contributed by atoms with Crippen LogP contribution in [-0.4, -0.2) is 60.9 Å². The second-order valence-electron chi connectivity index (χ2n) is 6.22. The summed E-state index contributed by atoms with van der Waals surface area (Å²) in [4.78, 5) is 29.3. The number of amides is 2. The molecule has 26 heavy (non-hydrogen) atoms. The molecule has 1 aliphatic heterocycles. The fourth-order valence-corrected chi connectivity index (χ4v) is 3.80. The SMILES string of the molecule is O=C(NCCN1CCN(C(=O)Cc2ccccc2Cl)CC1)c1cccs1. The first-order valence-corrected chi connectivity index (χ1v) is 9.94. The Hall–Kier alpha value is -1.89. The maximum atomic E-state index is 12.5. The Labute approximate surface area is 162 Å². The lowest BCUT2D eigenvalue weighted by Gasteiger charge is -2.34. The largest absolute Gasteiger partial charge is 0.350 e. The number of hydrogen-bond acceptors (Lipinski definition) is 4. The number of nitrogens with one attached hydrogen (secondary N) is 1. The molecule has 1 saturated heterocycles. The van der Waals surface area contributed by atoms with Gasteiger partial charge in [0.2, 0.25) is 5.91 Å². The molecule has 7 heteroatoms. The van der Waals surface area contributed by atoms with Gasteiger partial charge in [0.1, 0.15) is 0 Å². The predicted molar refractivity (Wildman–Crippen MR) is 105 cm³/mol. The van der Waals surface area contributed by atoms with Crippen LogP contribution in [0.4, 0.5) is 0 Å². The summed E-state index contributed by atoms with van der Waals surface area (Å²) < 4.78 is 0. The van der Waals surface area contributed by atoms with Crippen LogP contribution in [0.1, 0.15) is 15.2 Å². The third kappa shape index (κ3) is 5.06. The zero-order valence-electron chi connectivity index (χ0n) is 14.5. The fourth-order valence-electron chi connectivity index (χ4n) is 2.96. The summed E-state index contributed by atoms with van der Waals surface area (Å²) in [6.45, 7) is 4.48. The first-order chi connectivity index (χ1) is 12.6. The summed E-state index contributed by atoms with van der Waals surface area (Å²) in [6, 6.07) is 11.2. The monoisotopic (exact) mass is 391 g/mol.